The van der Waals surface area contributed by atoms with Gasteiger partial charge in [-0.3, -0.25) is 0 Å². The van der Waals surface area contributed by atoms with Gasteiger partial charge in [0.1, 0.15) is 0 Å². The van der Waals surface area contributed by atoms with Crippen LogP contribution < -0.4 is 0 Å². The predicted molar refractivity (Wildman–Crippen MR) is 86.4 cm³/mol. The molecular weight excluding hydrogens is 266 g/mol. The highest BCUT2D eigenvalue weighted by atomic mass is 32.1. The van der Waals surface area contributed by atoms with Gasteiger partial charge in [-0.2, -0.15) is 0 Å². The Labute approximate surface area is 127 Å². The van der Waals surface area contributed by atoms with Crippen LogP contribution in [0.1, 0.15) is 36.0 Å². The number of aryl methyl sites for hydroxylation is 3. The molecule has 0 N–H and O–H groups in total. The highest BCUT2D eigenvalue weighted by molar-refractivity contribution is 7.80. The van der Waals surface area contributed by atoms with E-state index in [9.17, 15) is 0 Å². The van der Waals surface area contributed by atoms with Crippen molar-refractivity contribution in [1.82, 2.24) is 4.90 Å². The third-order valence-corrected chi connectivity index (χ3v) is 4.87. The molecule has 0 atom stereocenters. The maximum atomic E-state index is 5.56. The highest BCUT2D eigenvalue weighted by Crippen LogP contribution is 2.23. The van der Waals surface area contributed by atoms with E-state index < -0.39 is 0 Å². The number of rotatable bonds is 3. The van der Waals surface area contributed by atoms with Gasteiger partial charge < -0.3 is 9.64 Å². The van der Waals surface area contributed by atoms with Gasteiger partial charge >= 0.3 is 0 Å². The lowest BCUT2D eigenvalue weighted by molar-refractivity contribution is 0.0683. The van der Waals surface area contributed by atoms with Crippen molar-refractivity contribution in [3.63, 3.8) is 0 Å². The fraction of sp³-hybridized carbons (Fsp3) is 0.588. The maximum Gasteiger partial charge on any atom is 0.0784 e. The molecule has 20 heavy (non-hydrogen) atoms. The second-order valence-electron chi connectivity index (χ2n) is 5.80. The van der Waals surface area contributed by atoms with Crippen LogP contribution in [0.5, 0.6) is 0 Å². The summed E-state index contributed by atoms with van der Waals surface area (Å²) in [5.74, 6) is 0. The summed E-state index contributed by atoms with van der Waals surface area (Å²) in [5.41, 5.74) is 4.59. The third-order valence-electron chi connectivity index (χ3n) is 4.40. The summed E-state index contributed by atoms with van der Waals surface area (Å²) in [6, 6.07) is 7.05. The molecule has 108 valence electrons. The lowest BCUT2D eigenvalue weighted by Crippen LogP contribution is -2.39. The molecule has 3 rings (SSSR count). The minimum Gasteiger partial charge on any atom is -0.378 e. The van der Waals surface area contributed by atoms with E-state index in [1.54, 1.807) is 11.1 Å². The van der Waals surface area contributed by atoms with Crippen LogP contribution in [0.3, 0.4) is 0 Å². The molecule has 0 radical (unpaired) electrons. The molecule has 0 unspecified atom stereocenters. The van der Waals surface area contributed by atoms with E-state index in [0.717, 1.165) is 44.1 Å². The summed E-state index contributed by atoms with van der Waals surface area (Å²) in [5, 5.41) is 0. The fourth-order valence-electron chi connectivity index (χ4n) is 3.16. The molecular formula is C17H23NOS. The molecule has 0 amide bonds. The molecule has 1 saturated heterocycles. The van der Waals surface area contributed by atoms with Crippen molar-refractivity contribution < 1.29 is 4.74 Å². The number of thiocarbonyl (C=S) groups is 1. The summed E-state index contributed by atoms with van der Waals surface area (Å²) in [6.07, 6.45) is 7.30. The number of nitrogens with zero attached hydrogens (tertiary/aromatic N) is 1. The average molecular weight is 289 g/mol. The summed E-state index contributed by atoms with van der Waals surface area (Å²) in [4.78, 5) is 3.41. The third kappa shape index (κ3) is 3.39. The van der Waals surface area contributed by atoms with Crippen molar-refractivity contribution >= 4 is 17.2 Å². The molecule has 1 aromatic rings. The zero-order valence-electron chi connectivity index (χ0n) is 12.1. The van der Waals surface area contributed by atoms with Crippen LogP contribution >= 0.6 is 12.2 Å². The first-order valence-corrected chi connectivity index (χ1v) is 8.20. The van der Waals surface area contributed by atoms with Gasteiger partial charge in [-0.1, -0.05) is 30.4 Å². The number of ether oxygens (including phenoxy) is 1. The van der Waals surface area contributed by atoms with Crippen LogP contribution in [-0.2, 0) is 24.0 Å². The Morgan fingerprint density at radius 2 is 1.85 bits per heavy atom. The molecule has 0 spiro atoms. The number of hydrogen-bond donors (Lipinski definition) is 0. The Bertz CT molecular complexity index is 480. The van der Waals surface area contributed by atoms with Crippen molar-refractivity contribution in [3.8, 4) is 0 Å². The normalized spacial score (nSPS) is 18.7. The van der Waals surface area contributed by atoms with Gasteiger partial charge in [-0.15, -0.1) is 0 Å². The number of benzene rings is 1. The number of morpholine rings is 1. The minimum absolute atomic E-state index is 0.818. The largest absolute Gasteiger partial charge is 0.378 e. The SMILES string of the molecule is S=C(CCc1ccc2c(c1)CCCC2)N1CCOCC1. The molecule has 0 bridgehead atoms. The molecule has 1 aliphatic heterocycles. The Hall–Kier alpha value is -0.930. The standard InChI is InChI=1S/C17H23NOS/c20-17(18-9-11-19-12-10-18)8-6-14-5-7-15-3-1-2-4-16(15)13-14/h5,7,13H,1-4,6,8-12H2. The Kier molecular flexibility index (Phi) is 4.69. The molecule has 2 aliphatic rings. The molecule has 1 fully saturated rings. The lowest BCUT2D eigenvalue weighted by atomic mass is 9.90. The van der Waals surface area contributed by atoms with Gasteiger partial charge in [0.15, 0.2) is 0 Å². The lowest BCUT2D eigenvalue weighted by Gasteiger charge is -2.29. The first-order valence-electron chi connectivity index (χ1n) is 7.79. The smallest absolute Gasteiger partial charge is 0.0784 e. The first kappa shape index (κ1) is 14.0. The van der Waals surface area contributed by atoms with Crippen LogP contribution in [0.4, 0.5) is 0 Å². The van der Waals surface area contributed by atoms with Crippen molar-refractivity contribution in [2.24, 2.45) is 0 Å². The van der Waals surface area contributed by atoms with Gasteiger partial charge in [-0.05, 0) is 48.8 Å². The van der Waals surface area contributed by atoms with Crippen LogP contribution in [0.15, 0.2) is 18.2 Å². The van der Waals surface area contributed by atoms with Crippen molar-refractivity contribution in [3.05, 3.63) is 34.9 Å². The second-order valence-corrected chi connectivity index (χ2v) is 6.27. The Balaban J connectivity index is 1.56. The zero-order valence-corrected chi connectivity index (χ0v) is 12.9. The van der Waals surface area contributed by atoms with Crippen LogP contribution in [0.2, 0.25) is 0 Å². The molecule has 0 saturated carbocycles. The molecule has 1 heterocycles. The maximum absolute atomic E-state index is 5.56. The summed E-state index contributed by atoms with van der Waals surface area (Å²) in [7, 11) is 0. The topological polar surface area (TPSA) is 12.5 Å². The number of fused-ring (bicyclic) bond motifs is 1. The number of hydrogen-bond acceptors (Lipinski definition) is 2. The highest BCUT2D eigenvalue weighted by Gasteiger charge is 2.14. The monoisotopic (exact) mass is 289 g/mol. The van der Waals surface area contributed by atoms with Gasteiger partial charge in [0.2, 0.25) is 0 Å². The molecule has 1 aliphatic carbocycles. The Morgan fingerprint density at radius 1 is 1.10 bits per heavy atom. The van der Waals surface area contributed by atoms with E-state index in [4.69, 9.17) is 17.0 Å². The van der Waals surface area contributed by atoms with E-state index in [2.05, 4.69) is 23.1 Å². The van der Waals surface area contributed by atoms with Gasteiger partial charge in [0, 0.05) is 19.5 Å². The van der Waals surface area contributed by atoms with E-state index in [0.29, 0.717) is 0 Å². The van der Waals surface area contributed by atoms with E-state index in [1.807, 2.05) is 0 Å². The van der Waals surface area contributed by atoms with Crippen LogP contribution in [0, 0.1) is 0 Å². The van der Waals surface area contributed by atoms with Crippen molar-refractivity contribution in [2.45, 2.75) is 38.5 Å². The Morgan fingerprint density at radius 3 is 2.65 bits per heavy atom. The molecule has 0 aromatic heterocycles. The van der Waals surface area contributed by atoms with Gasteiger partial charge in [0.25, 0.3) is 0 Å². The average Bonchev–Trinajstić information content (AvgIpc) is 2.53. The fourth-order valence-corrected chi connectivity index (χ4v) is 3.45. The zero-order chi connectivity index (χ0) is 13.8. The summed E-state index contributed by atoms with van der Waals surface area (Å²) < 4.78 is 5.37. The van der Waals surface area contributed by atoms with Gasteiger partial charge in [-0.25, -0.2) is 0 Å². The van der Waals surface area contributed by atoms with Crippen molar-refractivity contribution in [1.29, 1.82) is 0 Å². The molecule has 2 nitrogen and oxygen atoms in total. The van der Waals surface area contributed by atoms with Crippen LogP contribution in [0.25, 0.3) is 0 Å². The first-order chi connectivity index (χ1) is 9.83. The minimum atomic E-state index is 0.818. The van der Waals surface area contributed by atoms with Gasteiger partial charge in [0.05, 0.1) is 18.2 Å². The molecule has 3 heteroatoms. The van der Waals surface area contributed by atoms with Crippen LogP contribution in [-0.4, -0.2) is 36.2 Å². The predicted octanol–water partition coefficient (Wildman–Crippen LogP) is 3.16. The van der Waals surface area contributed by atoms with E-state index >= 15 is 0 Å². The van der Waals surface area contributed by atoms with Crippen molar-refractivity contribution in [2.75, 3.05) is 26.3 Å². The second kappa shape index (κ2) is 6.68. The summed E-state index contributed by atoms with van der Waals surface area (Å²) in [6.45, 7) is 3.56. The van der Waals surface area contributed by atoms with E-state index in [-0.39, 0.29) is 0 Å². The molecule has 1 aromatic carbocycles. The quantitative estimate of drug-likeness (QED) is 0.793. The summed E-state index contributed by atoms with van der Waals surface area (Å²) >= 11 is 5.56. The van der Waals surface area contributed by atoms with E-state index in [1.165, 1.54) is 31.2 Å².